The molecule has 19 nitrogen and oxygen atoms in total. The Hall–Kier alpha value is -0.890. The van der Waals surface area contributed by atoms with E-state index in [1.54, 1.807) is 13.0 Å². The number of rotatable bonds is 12. The Kier molecular flexibility index (Phi) is 11.3. The van der Waals surface area contributed by atoms with Crippen LogP contribution in [0.25, 0.3) is 0 Å². The van der Waals surface area contributed by atoms with Gasteiger partial charge in [0.25, 0.3) is 7.82 Å². The number of hydrogen-bond donors (Lipinski definition) is 6. The van der Waals surface area contributed by atoms with Crippen LogP contribution in [0, 0.1) is 6.92 Å². The summed E-state index contributed by atoms with van der Waals surface area (Å²) in [4.78, 5) is 62.3. The fourth-order valence-electron chi connectivity index (χ4n) is 4.50. The first-order valence-corrected chi connectivity index (χ1v) is 16.0. The molecule has 2 saturated heterocycles. The molecule has 0 aromatic heterocycles. The number of benzene rings is 1. The Labute approximate surface area is 232 Å². The number of aliphatic hydroxyl groups is 3. The second kappa shape index (κ2) is 13.4. The third-order valence-corrected chi connectivity index (χ3v) is 7.56. The van der Waals surface area contributed by atoms with E-state index in [1.807, 2.05) is 0 Å². The van der Waals surface area contributed by atoms with Gasteiger partial charge in [-0.25, -0.2) is 4.57 Å². The largest absolute Gasteiger partial charge is 0.790 e. The number of hydrogen-bond acceptors (Lipinski definition) is 16. The number of phosphoric acid groups is 3. The van der Waals surface area contributed by atoms with Crippen molar-refractivity contribution in [3.8, 4) is 5.75 Å². The molecular weight excluding hydrogens is 625 g/mol. The minimum Gasteiger partial charge on any atom is -0.790 e. The van der Waals surface area contributed by atoms with Crippen molar-refractivity contribution in [3.63, 3.8) is 0 Å². The van der Waals surface area contributed by atoms with E-state index >= 15 is 0 Å². The van der Waals surface area contributed by atoms with Crippen LogP contribution < -0.4 is 19.4 Å². The van der Waals surface area contributed by atoms with Crippen LogP contribution >= 0.6 is 23.5 Å². The molecule has 1 aromatic carbocycles. The van der Waals surface area contributed by atoms with Crippen LogP contribution in [0.1, 0.15) is 17.2 Å². The SMILES string of the molecule is COc1ccc(C)cc1[C@H]1O[C@H](CO)[C@@H](O[C@H]2O[C@H](CO)[C@@H](OP(=O)([O-])[O-])[C@H](OP(=O)([O-])O)[C@H]2O)[C@H]1OP(=O)(O)O. The van der Waals surface area contributed by atoms with Gasteiger partial charge in [-0.15, -0.1) is 0 Å². The molecule has 2 aliphatic heterocycles. The standard InChI is InChI=1S/C19H31O19P3/c1-8-3-4-10(32-2)9(5-8)14-18(38-41(29,30)31)15(11(6-20)33-14)35-19-13(22)17(37-40(26,27)28)16(12(7-21)34-19)36-39(23,24)25/h3-5,11-22H,6-7H2,1-2H3,(H2,23,24,25)(H2,26,27,28)(H2,29,30,31)/p-3/t11-,12-,13-,14-,15-,16-,17-,18+,19-/m1/s1. The van der Waals surface area contributed by atoms with Gasteiger partial charge in [-0.2, -0.15) is 0 Å². The second-order valence-electron chi connectivity index (χ2n) is 8.96. The summed E-state index contributed by atoms with van der Waals surface area (Å²) in [5, 5.41) is 30.5. The minimum atomic E-state index is -5.93. The van der Waals surface area contributed by atoms with Crippen molar-refractivity contribution < 1.29 is 90.9 Å². The van der Waals surface area contributed by atoms with Crippen molar-refractivity contribution in [2.75, 3.05) is 20.3 Å². The molecule has 10 atom stereocenters. The highest BCUT2D eigenvalue weighted by Crippen LogP contribution is 2.50. The van der Waals surface area contributed by atoms with Gasteiger partial charge in [0.1, 0.15) is 54.6 Å². The van der Waals surface area contributed by atoms with Gasteiger partial charge < -0.3 is 77.2 Å². The van der Waals surface area contributed by atoms with Crippen molar-refractivity contribution >= 4 is 23.5 Å². The van der Waals surface area contributed by atoms with E-state index < -0.39 is 91.8 Å². The van der Waals surface area contributed by atoms with Crippen LogP contribution in [-0.4, -0.2) is 99.3 Å². The summed E-state index contributed by atoms with van der Waals surface area (Å²) in [6.45, 7) is -0.356. The lowest BCUT2D eigenvalue weighted by Crippen LogP contribution is -2.62. The smallest absolute Gasteiger partial charge is 0.470 e. The molecule has 236 valence electrons. The van der Waals surface area contributed by atoms with E-state index in [9.17, 15) is 58.4 Å². The van der Waals surface area contributed by atoms with E-state index in [1.165, 1.54) is 19.2 Å². The van der Waals surface area contributed by atoms with E-state index in [0.717, 1.165) is 0 Å². The van der Waals surface area contributed by atoms with Gasteiger partial charge >= 0.3 is 7.82 Å². The summed E-state index contributed by atoms with van der Waals surface area (Å²) >= 11 is 0. The maximum atomic E-state index is 11.9. The van der Waals surface area contributed by atoms with Crippen molar-refractivity contribution in [1.29, 1.82) is 0 Å². The van der Waals surface area contributed by atoms with Gasteiger partial charge in [-0.1, -0.05) is 11.6 Å². The Morgan fingerprint density at radius 3 is 2.00 bits per heavy atom. The summed E-state index contributed by atoms with van der Waals surface area (Å²) in [6, 6.07) is 4.71. The summed E-state index contributed by atoms with van der Waals surface area (Å²) < 4.78 is 70.0. The first-order valence-electron chi connectivity index (χ1n) is 11.5. The van der Waals surface area contributed by atoms with Gasteiger partial charge in [0.05, 0.1) is 28.1 Å². The number of aryl methyl sites for hydroxylation is 1. The molecule has 41 heavy (non-hydrogen) atoms. The first kappa shape index (κ1) is 34.6. The molecule has 22 heteroatoms. The molecule has 0 radical (unpaired) electrons. The monoisotopic (exact) mass is 653 g/mol. The maximum absolute atomic E-state index is 11.9. The molecular formula is C19H28O19P3-3. The third-order valence-electron chi connectivity index (χ3n) is 6.03. The average Bonchev–Trinajstić information content (AvgIpc) is 3.16. The van der Waals surface area contributed by atoms with Crippen LogP contribution in [0.3, 0.4) is 0 Å². The number of methoxy groups -OCH3 is 1. The molecule has 0 bridgehead atoms. The van der Waals surface area contributed by atoms with Crippen LogP contribution in [-0.2, 0) is 41.5 Å². The normalized spacial score (nSPS) is 34.4. The van der Waals surface area contributed by atoms with Crippen LogP contribution in [0.2, 0.25) is 0 Å². The Balaban J connectivity index is 2.02. The molecule has 0 spiro atoms. The minimum absolute atomic E-state index is 0.189. The average molecular weight is 653 g/mol. The van der Waals surface area contributed by atoms with E-state index in [2.05, 4.69) is 9.05 Å². The quantitative estimate of drug-likeness (QED) is 0.119. The van der Waals surface area contributed by atoms with Gasteiger partial charge in [0, 0.05) is 5.56 Å². The number of phosphoric ester groups is 3. The molecule has 0 amide bonds. The summed E-state index contributed by atoms with van der Waals surface area (Å²) in [7, 11) is -15.7. The van der Waals surface area contributed by atoms with E-state index in [0.29, 0.717) is 5.56 Å². The summed E-state index contributed by atoms with van der Waals surface area (Å²) in [6.07, 6.45) is -17.6. The number of aliphatic hydroxyl groups excluding tert-OH is 3. The van der Waals surface area contributed by atoms with Gasteiger partial charge in [0.15, 0.2) is 6.29 Å². The summed E-state index contributed by atoms with van der Waals surface area (Å²) in [5.74, 6) is 0.189. The van der Waals surface area contributed by atoms with Gasteiger partial charge in [-0.3, -0.25) is 9.09 Å². The molecule has 6 N–H and O–H groups in total. The fraction of sp³-hybridized carbons (Fsp3) is 0.684. The van der Waals surface area contributed by atoms with Crippen molar-refractivity contribution in [1.82, 2.24) is 0 Å². The van der Waals surface area contributed by atoms with E-state index in [-0.39, 0.29) is 11.3 Å². The third kappa shape index (κ3) is 9.06. The highest BCUT2D eigenvalue weighted by Gasteiger charge is 2.55. The highest BCUT2D eigenvalue weighted by atomic mass is 31.2. The lowest BCUT2D eigenvalue weighted by molar-refractivity contribution is -0.364. The topological polar surface area (TPSA) is 306 Å². The predicted octanol–water partition coefficient (Wildman–Crippen LogP) is -3.56. The molecule has 2 aliphatic rings. The van der Waals surface area contributed by atoms with Crippen LogP contribution in [0.15, 0.2) is 18.2 Å². The fourth-order valence-corrected chi connectivity index (χ4v) is 6.15. The van der Waals surface area contributed by atoms with E-state index in [4.69, 9.17) is 23.5 Å². The van der Waals surface area contributed by atoms with Crippen LogP contribution in [0.5, 0.6) is 5.75 Å². The molecule has 1 aromatic rings. The molecule has 0 aliphatic carbocycles. The molecule has 0 saturated carbocycles. The molecule has 2 heterocycles. The molecule has 2 fully saturated rings. The Bertz CT molecular complexity index is 1180. The maximum Gasteiger partial charge on any atom is 0.470 e. The molecule has 1 unspecified atom stereocenters. The summed E-state index contributed by atoms with van der Waals surface area (Å²) in [5.41, 5.74) is 0.866. The lowest BCUT2D eigenvalue weighted by atomic mass is 9.97. The zero-order valence-electron chi connectivity index (χ0n) is 21.2. The zero-order chi connectivity index (χ0) is 30.9. The second-order valence-corrected chi connectivity index (χ2v) is 12.4. The van der Waals surface area contributed by atoms with Crippen molar-refractivity contribution in [2.45, 2.75) is 62.0 Å². The van der Waals surface area contributed by atoms with Crippen molar-refractivity contribution in [3.05, 3.63) is 29.3 Å². The van der Waals surface area contributed by atoms with Crippen molar-refractivity contribution in [2.24, 2.45) is 0 Å². The number of ether oxygens (including phenoxy) is 4. The van der Waals surface area contributed by atoms with Crippen LogP contribution in [0.4, 0.5) is 0 Å². The highest BCUT2D eigenvalue weighted by molar-refractivity contribution is 7.46. The Morgan fingerprint density at radius 2 is 1.49 bits per heavy atom. The lowest BCUT2D eigenvalue weighted by Gasteiger charge is -2.47. The zero-order valence-corrected chi connectivity index (χ0v) is 23.9. The van der Waals surface area contributed by atoms with Gasteiger partial charge in [-0.05, 0) is 19.1 Å². The molecule has 3 rings (SSSR count). The Morgan fingerprint density at radius 1 is 0.878 bits per heavy atom. The van der Waals surface area contributed by atoms with Gasteiger partial charge in [0.2, 0.25) is 0 Å². The predicted molar refractivity (Wildman–Crippen MR) is 123 cm³/mol. The first-order chi connectivity index (χ1) is 18.9.